The van der Waals surface area contributed by atoms with Crippen molar-refractivity contribution in [2.24, 2.45) is 0 Å². The van der Waals surface area contributed by atoms with Gasteiger partial charge in [-0.2, -0.15) is 0 Å². The Morgan fingerprint density at radius 3 is 2.67 bits per heavy atom. The highest BCUT2D eigenvalue weighted by Gasteiger charge is 2.04. The molecule has 4 heteroatoms. The van der Waals surface area contributed by atoms with E-state index in [9.17, 15) is 4.79 Å². The van der Waals surface area contributed by atoms with Crippen molar-refractivity contribution in [2.45, 2.75) is 6.92 Å². The van der Waals surface area contributed by atoms with E-state index in [1.165, 1.54) is 0 Å². The van der Waals surface area contributed by atoms with E-state index in [0.29, 0.717) is 6.61 Å². The lowest BCUT2D eigenvalue weighted by molar-refractivity contribution is -0.137. The second kappa shape index (κ2) is 4.65. The van der Waals surface area contributed by atoms with Gasteiger partial charge in [-0.15, -0.1) is 0 Å². The summed E-state index contributed by atoms with van der Waals surface area (Å²) in [5, 5.41) is -0.0986. The third kappa shape index (κ3) is 3.38. The third-order valence-corrected chi connectivity index (χ3v) is 1.16. The molecule has 0 fully saturated rings. The van der Waals surface area contributed by atoms with Crippen molar-refractivity contribution in [3.63, 3.8) is 0 Å². The van der Waals surface area contributed by atoms with Crippen LogP contribution >= 0.6 is 23.2 Å². The molecule has 0 saturated carbocycles. The molecule has 0 amide bonds. The zero-order valence-corrected chi connectivity index (χ0v) is 6.37. The van der Waals surface area contributed by atoms with Crippen LogP contribution in [0.15, 0.2) is 10.6 Å². The summed E-state index contributed by atoms with van der Waals surface area (Å²) in [6.07, 6.45) is 0. The molecule has 0 rings (SSSR count). The van der Waals surface area contributed by atoms with Crippen LogP contribution in [0.3, 0.4) is 0 Å². The second-order valence-corrected chi connectivity index (χ2v) is 1.80. The predicted octanol–water partition coefficient (Wildman–Crippen LogP) is 1.87. The first-order valence-corrected chi connectivity index (χ1v) is 3.16. The maximum Gasteiger partial charge on any atom is 0.350 e. The molecule has 0 unspecified atom stereocenters. The van der Waals surface area contributed by atoms with Gasteiger partial charge in [-0.1, -0.05) is 23.2 Å². The molecule has 0 aromatic rings. The van der Waals surface area contributed by atoms with E-state index in [-0.39, 0.29) is 5.03 Å². The van der Waals surface area contributed by atoms with E-state index in [1.807, 2.05) is 0 Å². The number of carbonyl (C=O) groups excluding carboxylic acids is 1. The van der Waals surface area contributed by atoms with Gasteiger partial charge >= 0.3 is 5.97 Å². The first kappa shape index (κ1) is 8.79. The van der Waals surface area contributed by atoms with Crippen LogP contribution in [0.1, 0.15) is 6.92 Å². The molecule has 0 aliphatic heterocycles. The van der Waals surface area contributed by atoms with Gasteiger partial charge in [-0.25, -0.2) is 4.79 Å². The van der Waals surface area contributed by atoms with Crippen molar-refractivity contribution in [3.05, 3.63) is 10.6 Å². The van der Waals surface area contributed by atoms with E-state index in [0.717, 1.165) is 5.54 Å². The summed E-state index contributed by atoms with van der Waals surface area (Å²) in [4.78, 5) is 10.5. The van der Waals surface area contributed by atoms with Crippen LogP contribution < -0.4 is 0 Å². The normalized spacial score (nSPS) is 11.2. The SMILES string of the molecule is CCOC(=O)C(Cl)=CCl. The maximum atomic E-state index is 10.5. The molecular formula is C5H6Cl2O2. The Labute approximate surface area is 63.4 Å². The van der Waals surface area contributed by atoms with E-state index < -0.39 is 5.97 Å². The van der Waals surface area contributed by atoms with E-state index in [2.05, 4.69) is 4.74 Å². The molecule has 0 spiro atoms. The fraction of sp³-hybridized carbons (Fsp3) is 0.400. The van der Waals surface area contributed by atoms with Crippen molar-refractivity contribution >= 4 is 29.2 Å². The van der Waals surface area contributed by atoms with Crippen molar-refractivity contribution in [1.82, 2.24) is 0 Å². The minimum atomic E-state index is -0.589. The van der Waals surface area contributed by atoms with Crippen LogP contribution in [0.25, 0.3) is 0 Å². The fourth-order valence-electron chi connectivity index (χ4n) is 0.245. The van der Waals surface area contributed by atoms with Crippen LogP contribution in [0, 0.1) is 0 Å². The van der Waals surface area contributed by atoms with Gasteiger partial charge in [0.25, 0.3) is 0 Å². The minimum absolute atomic E-state index is 0.0986. The lowest BCUT2D eigenvalue weighted by atomic mass is 10.6. The molecule has 0 aromatic heterocycles. The number of halogens is 2. The minimum Gasteiger partial charge on any atom is -0.462 e. The summed E-state index contributed by atoms with van der Waals surface area (Å²) in [6.45, 7) is 2.00. The van der Waals surface area contributed by atoms with Crippen LogP contribution in [0.5, 0.6) is 0 Å². The molecule has 0 aliphatic carbocycles. The van der Waals surface area contributed by atoms with Crippen molar-refractivity contribution < 1.29 is 9.53 Å². The fourth-order valence-corrected chi connectivity index (χ4v) is 0.388. The molecule has 0 radical (unpaired) electrons. The largest absolute Gasteiger partial charge is 0.462 e. The molecule has 52 valence electrons. The average Bonchev–Trinajstić information content (AvgIpc) is 1.87. The lowest BCUT2D eigenvalue weighted by Gasteiger charge is -1.96. The van der Waals surface area contributed by atoms with Crippen LogP contribution in [0.4, 0.5) is 0 Å². The Kier molecular flexibility index (Phi) is 4.54. The molecule has 0 atom stereocenters. The average molecular weight is 169 g/mol. The Hall–Kier alpha value is -0.210. The quantitative estimate of drug-likeness (QED) is 0.465. The van der Waals surface area contributed by atoms with Gasteiger partial charge in [0.05, 0.1) is 6.61 Å². The maximum absolute atomic E-state index is 10.5. The molecule has 0 aromatic carbocycles. The van der Waals surface area contributed by atoms with Crippen molar-refractivity contribution in [3.8, 4) is 0 Å². The molecule has 2 nitrogen and oxygen atoms in total. The summed E-state index contributed by atoms with van der Waals surface area (Å²) in [5.41, 5.74) is 0.972. The van der Waals surface area contributed by atoms with Gasteiger partial charge in [0, 0.05) is 5.54 Å². The molecule has 0 N–H and O–H groups in total. The smallest absolute Gasteiger partial charge is 0.350 e. The molecule has 0 bridgehead atoms. The highest BCUT2D eigenvalue weighted by molar-refractivity contribution is 6.45. The van der Waals surface area contributed by atoms with Crippen LogP contribution in [0.2, 0.25) is 0 Å². The summed E-state index contributed by atoms with van der Waals surface area (Å²) in [6, 6.07) is 0. The third-order valence-electron chi connectivity index (χ3n) is 0.566. The first-order valence-electron chi connectivity index (χ1n) is 2.35. The molecule has 0 saturated heterocycles. The number of hydrogen-bond acceptors (Lipinski definition) is 2. The van der Waals surface area contributed by atoms with Crippen molar-refractivity contribution in [2.75, 3.05) is 6.61 Å². The Bertz CT molecular complexity index is 131. The number of ether oxygens (including phenoxy) is 1. The zero-order valence-electron chi connectivity index (χ0n) is 4.86. The second-order valence-electron chi connectivity index (χ2n) is 1.18. The zero-order chi connectivity index (χ0) is 7.28. The summed E-state index contributed by atoms with van der Waals surface area (Å²) in [5.74, 6) is -0.589. The topological polar surface area (TPSA) is 26.3 Å². The summed E-state index contributed by atoms with van der Waals surface area (Å²) in [7, 11) is 0. The Balaban J connectivity index is 3.74. The van der Waals surface area contributed by atoms with Gasteiger partial charge in [0.15, 0.2) is 0 Å². The monoisotopic (exact) mass is 168 g/mol. The van der Waals surface area contributed by atoms with Crippen molar-refractivity contribution in [1.29, 1.82) is 0 Å². The van der Waals surface area contributed by atoms with E-state index in [1.54, 1.807) is 6.92 Å². The molecule has 9 heavy (non-hydrogen) atoms. The number of esters is 1. The Morgan fingerprint density at radius 1 is 1.78 bits per heavy atom. The summed E-state index contributed by atoms with van der Waals surface area (Å²) < 4.78 is 4.47. The van der Waals surface area contributed by atoms with Gasteiger partial charge in [-0.05, 0) is 6.92 Å². The van der Waals surface area contributed by atoms with Gasteiger partial charge in [0.1, 0.15) is 5.03 Å². The first-order chi connectivity index (χ1) is 4.22. The highest BCUT2D eigenvalue weighted by atomic mass is 35.5. The molecule has 0 heterocycles. The molecular weight excluding hydrogens is 163 g/mol. The highest BCUT2D eigenvalue weighted by Crippen LogP contribution is 2.04. The van der Waals surface area contributed by atoms with E-state index in [4.69, 9.17) is 23.2 Å². The number of carbonyl (C=O) groups is 1. The van der Waals surface area contributed by atoms with E-state index >= 15 is 0 Å². The number of rotatable bonds is 2. The number of hydrogen-bond donors (Lipinski definition) is 0. The summed E-state index contributed by atoms with van der Waals surface area (Å²) >= 11 is 10.3. The standard InChI is InChI=1S/C5H6Cl2O2/c1-2-9-5(8)4(7)3-6/h3H,2H2,1H3. The lowest BCUT2D eigenvalue weighted by Crippen LogP contribution is -2.02. The predicted molar refractivity (Wildman–Crippen MR) is 36.4 cm³/mol. The Morgan fingerprint density at radius 2 is 2.33 bits per heavy atom. The van der Waals surface area contributed by atoms with Crippen LogP contribution in [-0.2, 0) is 9.53 Å². The van der Waals surface area contributed by atoms with Gasteiger partial charge < -0.3 is 4.74 Å². The van der Waals surface area contributed by atoms with Gasteiger partial charge in [0.2, 0.25) is 0 Å². The molecule has 0 aliphatic rings. The van der Waals surface area contributed by atoms with Crippen LogP contribution in [-0.4, -0.2) is 12.6 Å². The van der Waals surface area contributed by atoms with Gasteiger partial charge in [-0.3, -0.25) is 0 Å².